The molecule has 0 spiro atoms. The lowest BCUT2D eigenvalue weighted by Gasteiger charge is -2.15. The van der Waals surface area contributed by atoms with E-state index in [2.05, 4.69) is 34.9 Å². The van der Waals surface area contributed by atoms with Crippen LogP contribution in [0.25, 0.3) is 11.1 Å². The van der Waals surface area contributed by atoms with E-state index in [-0.39, 0.29) is 31.4 Å². The van der Waals surface area contributed by atoms with Gasteiger partial charge in [0.25, 0.3) is 0 Å². The molecule has 0 saturated heterocycles. The van der Waals surface area contributed by atoms with Crippen molar-refractivity contribution in [2.75, 3.05) is 13.2 Å². The molecule has 0 aromatic heterocycles. The number of amides is 2. The molecule has 0 radical (unpaired) electrons. The van der Waals surface area contributed by atoms with Gasteiger partial charge >= 0.3 is 12.1 Å². The molecule has 1 aliphatic rings. The molecule has 1 aliphatic carbocycles. The molecule has 2 aromatic carbocycles. The maximum absolute atomic E-state index is 12.2. The second-order valence-electron chi connectivity index (χ2n) is 7.77. The molecule has 3 rings (SSSR count). The van der Waals surface area contributed by atoms with E-state index in [1.807, 2.05) is 31.2 Å². The quantitative estimate of drug-likeness (QED) is 0.518. The first-order chi connectivity index (χ1) is 15.4. The van der Waals surface area contributed by atoms with E-state index in [1.165, 1.54) is 0 Å². The molecule has 2 amide bonds. The Kier molecular flexibility index (Phi) is 7.65. The highest BCUT2D eigenvalue weighted by Gasteiger charge is 2.28. The van der Waals surface area contributed by atoms with Crippen molar-refractivity contribution < 1.29 is 24.2 Å². The number of carboxylic acids is 1. The zero-order valence-electron chi connectivity index (χ0n) is 18.3. The van der Waals surface area contributed by atoms with Crippen LogP contribution in [-0.4, -0.2) is 42.3 Å². The predicted molar refractivity (Wildman–Crippen MR) is 121 cm³/mol. The van der Waals surface area contributed by atoms with E-state index >= 15 is 0 Å². The molecule has 3 N–H and O–H groups in total. The van der Waals surface area contributed by atoms with Crippen LogP contribution < -0.4 is 10.6 Å². The van der Waals surface area contributed by atoms with Crippen LogP contribution in [0.15, 0.2) is 60.2 Å². The normalized spacial score (nSPS) is 13.6. The van der Waals surface area contributed by atoms with Crippen molar-refractivity contribution in [1.82, 2.24) is 10.6 Å². The minimum Gasteiger partial charge on any atom is -0.481 e. The summed E-state index contributed by atoms with van der Waals surface area (Å²) in [5.74, 6) is -1.33. The van der Waals surface area contributed by atoms with Gasteiger partial charge in [-0.1, -0.05) is 61.5 Å². The minimum atomic E-state index is -0.962. The van der Waals surface area contributed by atoms with Crippen molar-refractivity contribution in [3.8, 4) is 11.1 Å². The highest BCUT2D eigenvalue weighted by molar-refractivity contribution is 5.93. The van der Waals surface area contributed by atoms with E-state index in [0.717, 1.165) is 22.3 Å². The van der Waals surface area contributed by atoms with Gasteiger partial charge in [-0.2, -0.15) is 0 Å². The Balaban J connectivity index is 1.50. The van der Waals surface area contributed by atoms with Gasteiger partial charge in [0.05, 0.1) is 6.42 Å². The predicted octanol–water partition coefficient (Wildman–Crippen LogP) is 3.84. The van der Waals surface area contributed by atoms with Crippen LogP contribution in [-0.2, 0) is 14.3 Å². The first kappa shape index (κ1) is 23.1. The van der Waals surface area contributed by atoms with Gasteiger partial charge in [-0.15, -0.1) is 0 Å². The Hall–Kier alpha value is -3.61. The van der Waals surface area contributed by atoms with Crippen molar-refractivity contribution in [1.29, 1.82) is 0 Å². The number of hydrogen-bond acceptors (Lipinski definition) is 4. The number of aliphatic carboxylic acids is 1. The summed E-state index contributed by atoms with van der Waals surface area (Å²) < 4.78 is 5.46. The smallest absolute Gasteiger partial charge is 0.407 e. The average molecular weight is 437 g/mol. The molecule has 7 heteroatoms. The Morgan fingerprint density at radius 1 is 1.06 bits per heavy atom. The fourth-order valence-electron chi connectivity index (χ4n) is 3.84. The van der Waals surface area contributed by atoms with Gasteiger partial charge in [0.2, 0.25) is 5.91 Å². The molecular formula is C25H28N2O5. The summed E-state index contributed by atoms with van der Waals surface area (Å²) in [4.78, 5) is 35.2. The summed E-state index contributed by atoms with van der Waals surface area (Å²) in [6.07, 6.45) is 1.40. The molecule has 0 heterocycles. The molecule has 168 valence electrons. The second-order valence-corrected chi connectivity index (χ2v) is 7.77. The van der Waals surface area contributed by atoms with Gasteiger partial charge in [-0.05, 0) is 35.6 Å². The largest absolute Gasteiger partial charge is 0.481 e. The maximum Gasteiger partial charge on any atom is 0.407 e. The third-order valence-electron chi connectivity index (χ3n) is 5.61. The number of ether oxygens (including phenoxy) is 1. The number of alkyl carbamates (subject to hydrolysis) is 1. The van der Waals surface area contributed by atoms with Gasteiger partial charge < -0.3 is 20.5 Å². The summed E-state index contributed by atoms with van der Waals surface area (Å²) in [6.45, 7) is 3.77. The Labute approximate surface area is 187 Å². The zero-order chi connectivity index (χ0) is 23.1. The lowest BCUT2D eigenvalue weighted by atomic mass is 9.98. The van der Waals surface area contributed by atoms with Crippen LogP contribution in [0.1, 0.15) is 43.7 Å². The molecule has 0 fully saturated rings. The topological polar surface area (TPSA) is 105 Å². The first-order valence-electron chi connectivity index (χ1n) is 10.7. The number of hydrogen-bond donors (Lipinski definition) is 3. The lowest BCUT2D eigenvalue weighted by molar-refractivity contribution is -0.137. The Morgan fingerprint density at radius 2 is 1.66 bits per heavy atom. The van der Waals surface area contributed by atoms with Crippen molar-refractivity contribution in [2.45, 2.75) is 38.6 Å². The number of benzene rings is 2. The van der Waals surface area contributed by atoms with Crippen LogP contribution in [0.3, 0.4) is 0 Å². The van der Waals surface area contributed by atoms with Crippen molar-refractivity contribution in [3.05, 3.63) is 71.3 Å². The lowest BCUT2D eigenvalue weighted by Crippen LogP contribution is -2.36. The third kappa shape index (κ3) is 5.55. The number of rotatable bonds is 9. The maximum atomic E-state index is 12.2. The van der Waals surface area contributed by atoms with Crippen molar-refractivity contribution >= 4 is 18.0 Å². The molecule has 32 heavy (non-hydrogen) atoms. The molecule has 0 aliphatic heterocycles. The number of fused-ring (bicyclic) bond motifs is 3. The third-order valence-corrected chi connectivity index (χ3v) is 5.61. The molecular weight excluding hydrogens is 408 g/mol. The summed E-state index contributed by atoms with van der Waals surface area (Å²) in [6, 6.07) is 15.8. The minimum absolute atomic E-state index is 0.0172. The van der Waals surface area contributed by atoms with Gasteiger partial charge in [0.1, 0.15) is 6.61 Å². The van der Waals surface area contributed by atoms with Gasteiger partial charge in [-0.25, -0.2) is 4.79 Å². The van der Waals surface area contributed by atoms with Crippen molar-refractivity contribution in [3.63, 3.8) is 0 Å². The number of carboxylic acid groups (broad SMARTS) is 1. The van der Waals surface area contributed by atoms with Crippen LogP contribution >= 0.6 is 0 Å². The van der Waals surface area contributed by atoms with E-state index in [0.29, 0.717) is 12.0 Å². The standard InChI is InChI=1S/C25H28N2O5/c1-3-17(14-23(28)29)27-24(30)16(2)12-13-26-25(31)32-15-22-20-10-6-4-8-18(20)19-9-5-7-11-21(19)22/h4-12,17,22H,3,13-15H2,1-2H3,(H,26,31)(H,27,30)(H,28,29)/b16-12+/t17-/m1/s1. The van der Waals surface area contributed by atoms with E-state index in [1.54, 1.807) is 13.0 Å². The summed E-state index contributed by atoms with van der Waals surface area (Å²) >= 11 is 0. The molecule has 7 nitrogen and oxygen atoms in total. The zero-order valence-corrected chi connectivity index (χ0v) is 18.3. The van der Waals surface area contributed by atoms with E-state index in [4.69, 9.17) is 9.84 Å². The summed E-state index contributed by atoms with van der Waals surface area (Å²) in [5, 5.41) is 14.2. The fraction of sp³-hybridized carbons (Fsp3) is 0.320. The van der Waals surface area contributed by atoms with Gasteiger partial charge in [0, 0.05) is 24.1 Å². The number of nitrogens with one attached hydrogen (secondary N) is 2. The highest BCUT2D eigenvalue weighted by atomic mass is 16.5. The van der Waals surface area contributed by atoms with Crippen molar-refractivity contribution in [2.24, 2.45) is 0 Å². The summed E-state index contributed by atoms with van der Waals surface area (Å²) in [7, 11) is 0. The second kappa shape index (κ2) is 10.6. The van der Waals surface area contributed by atoms with E-state index < -0.39 is 18.1 Å². The fourth-order valence-corrected chi connectivity index (χ4v) is 3.84. The molecule has 2 aromatic rings. The molecule has 0 bridgehead atoms. The summed E-state index contributed by atoms with van der Waals surface area (Å²) in [5.41, 5.74) is 5.00. The van der Waals surface area contributed by atoms with Gasteiger partial charge in [-0.3, -0.25) is 9.59 Å². The van der Waals surface area contributed by atoms with Crippen LogP contribution in [0, 0.1) is 0 Å². The highest BCUT2D eigenvalue weighted by Crippen LogP contribution is 2.44. The molecule has 1 atom stereocenters. The molecule has 0 saturated carbocycles. The number of carbonyl (C=O) groups is 3. The van der Waals surface area contributed by atoms with Crippen LogP contribution in [0.4, 0.5) is 4.79 Å². The van der Waals surface area contributed by atoms with Crippen LogP contribution in [0.5, 0.6) is 0 Å². The van der Waals surface area contributed by atoms with E-state index in [9.17, 15) is 14.4 Å². The molecule has 0 unspecified atom stereocenters. The average Bonchev–Trinajstić information content (AvgIpc) is 3.10. The monoisotopic (exact) mass is 436 g/mol. The first-order valence-corrected chi connectivity index (χ1v) is 10.7. The van der Waals surface area contributed by atoms with Crippen LogP contribution in [0.2, 0.25) is 0 Å². The Morgan fingerprint density at radius 3 is 2.22 bits per heavy atom. The number of carbonyl (C=O) groups excluding carboxylic acids is 2. The Bertz CT molecular complexity index is 985. The van der Waals surface area contributed by atoms with Gasteiger partial charge in [0.15, 0.2) is 0 Å². The SMILES string of the molecule is CC[C@H](CC(=O)O)NC(=O)/C(C)=C/CNC(=O)OCC1c2ccccc2-c2ccccc21.